The van der Waals surface area contributed by atoms with Crippen molar-refractivity contribution >= 4 is 16.1 Å². The Kier molecular flexibility index (Phi) is 7.83. The number of nitrogens with zero attached hydrogens (tertiary/aromatic N) is 3. The number of piperazine rings is 1. The molecule has 1 aliphatic carbocycles. The minimum Gasteiger partial charge on any atom is -0.448 e. The fourth-order valence-electron chi connectivity index (χ4n) is 5.70. The summed E-state index contributed by atoms with van der Waals surface area (Å²) in [4.78, 5) is 17.4. The molecule has 2 heterocycles. The van der Waals surface area contributed by atoms with Gasteiger partial charge in [-0.3, -0.25) is 4.90 Å². The van der Waals surface area contributed by atoms with E-state index in [0.717, 1.165) is 32.0 Å². The number of hydrogen-bond donors (Lipinski definition) is 0. The maximum Gasteiger partial charge on any atom is 0.410 e. The molecule has 3 atom stereocenters. The van der Waals surface area contributed by atoms with Gasteiger partial charge in [0, 0.05) is 32.2 Å². The Bertz CT molecular complexity index is 1190. The van der Waals surface area contributed by atoms with Gasteiger partial charge < -0.3 is 9.64 Å². The van der Waals surface area contributed by atoms with Crippen molar-refractivity contribution in [2.45, 2.75) is 62.0 Å². The number of ether oxygens (including phenoxy) is 1. The van der Waals surface area contributed by atoms with Gasteiger partial charge in [0.1, 0.15) is 12.4 Å². The van der Waals surface area contributed by atoms with E-state index in [2.05, 4.69) is 4.90 Å². The van der Waals surface area contributed by atoms with E-state index in [1.54, 1.807) is 47.4 Å². The van der Waals surface area contributed by atoms with Gasteiger partial charge in [-0.15, -0.1) is 0 Å². The Morgan fingerprint density at radius 2 is 1.81 bits per heavy atom. The van der Waals surface area contributed by atoms with Crippen LogP contribution in [-0.2, 0) is 14.8 Å². The fourth-order valence-corrected chi connectivity index (χ4v) is 7.57. The molecule has 2 aromatic rings. The molecule has 3 fully saturated rings. The Hall–Kier alpha value is -2.49. The van der Waals surface area contributed by atoms with E-state index in [1.165, 1.54) is 29.3 Å². The van der Waals surface area contributed by atoms with E-state index < -0.39 is 34.0 Å². The molecule has 37 heavy (non-hydrogen) atoms. The lowest BCUT2D eigenvalue weighted by Gasteiger charge is -2.42. The second-order valence-electron chi connectivity index (χ2n) is 10.6. The van der Waals surface area contributed by atoms with Gasteiger partial charge in [0.2, 0.25) is 10.0 Å². The van der Waals surface area contributed by atoms with Crippen molar-refractivity contribution in [3.05, 3.63) is 66.0 Å². The molecule has 0 N–H and O–H groups in total. The summed E-state index contributed by atoms with van der Waals surface area (Å²) in [5, 5.41) is 0. The van der Waals surface area contributed by atoms with Crippen LogP contribution in [0, 0.1) is 11.7 Å². The molecular weight excluding hydrogens is 493 g/mol. The minimum absolute atomic E-state index is 0.0360. The highest BCUT2D eigenvalue weighted by Crippen LogP contribution is 2.39. The molecule has 5 rings (SSSR count). The quantitative estimate of drug-likeness (QED) is 0.522. The highest BCUT2D eigenvalue weighted by atomic mass is 32.2. The van der Waals surface area contributed by atoms with Crippen LogP contribution in [0.2, 0.25) is 0 Å². The number of rotatable bonds is 7. The number of benzene rings is 2. The molecule has 7 nitrogen and oxygen atoms in total. The molecule has 2 saturated heterocycles. The molecule has 1 amide bonds. The van der Waals surface area contributed by atoms with Crippen LogP contribution in [-0.4, -0.2) is 73.5 Å². The largest absolute Gasteiger partial charge is 0.448 e. The molecular formula is C28H36FN3O4S. The monoisotopic (exact) mass is 529 g/mol. The number of amides is 1. The lowest BCUT2D eigenvalue weighted by atomic mass is 9.93. The predicted octanol–water partition coefficient (Wildman–Crippen LogP) is 4.66. The molecule has 1 saturated carbocycles. The average Bonchev–Trinajstić information content (AvgIpc) is 3.71. The van der Waals surface area contributed by atoms with Crippen LogP contribution in [0.1, 0.15) is 50.6 Å². The summed E-state index contributed by atoms with van der Waals surface area (Å²) in [6, 6.07) is 13.4. The van der Waals surface area contributed by atoms with Gasteiger partial charge in [-0.25, -0.2) is 17.6 Å². The SMILES string of the molecule is CC1CN(CC2CC2)CCN1C(=O)OC[C@H]1CCC[C@@H](c2cccc(F)c2)N1S(=O)(=O)c1ccccc1. The Balaban J connectivity index is 1.33. The topological polar surface area (TPSA) is 70.2 Å². The van der Waals surface area contributed by atoms with Crippen LogP contribution in [0.5, 0.6) is 0 Å². The predicted molar refractivity (Wildman–Crippen MR) is 139 cm³/mol. The highest BCUT2D eigenvalue weighted by molar-refractivity contribution is 7.89. The van der Waals surface area contributed by atoms with E-state index in [1.807, 2.05) is 6.92 Å². The highest BCUT2D eigenvalue weighted by Gasteiger charge is 2.42. The van der Waals surface area contributed by atoms with Gasteiger partial charge in [0.05, 0.1) is 17.0 Å². The molecule has 0 spiro atoms. The van der Waals surface area contributed by atoms with E-state index in [9.17, 15) is 17.6 Å². The maximum atomic E-state index is 14.1. The van der Waals surface area contributed by atoms with Gasteiger partial charge in [0.25, 0.3) is 0 Å². The summed E-state index contributed by atoms with van der Waals surface area (Å²) < 4.78 is 49.1. The second kappa shape index (κ2) is 11.1. The number of hydrogen-bond acceptors (Lipinski definition) is 5. The van der Waals surface area contributed by atoms with E-state index in [-0.39, 0.29) is 17.5 Å². The van der Waals surface area contributed by atoms with Crippen LogP contribution in [0.4, 0.5) is 9.18 Å². The van der Waals surface area contributed by atoms with Crippen LogP contribution >= 0.6 is 0 Å². The van der Waals surface area contributed by atoms with Crippen molar-refractivity contribution in [1.82, 2.24) is 14.1 Å². The molecule has 1 unspecified atom stereocenters. The number of carbonyl (C=O) groups excluding carboxylic acids is 1. The molecule has 2 aliphatic heterocycles. The van der Waals surface area contributed by atoms with Crippen LogP contribution in [0.15, 0.2) is 59.5 Å². The van der Waals surface area contributed by atoms with Crippen molar-refractivity contribution in [1.29, 1.82) is 0 Å². The zero-order chi connectivity index (χ0) is 26.0. The van der Waals surface area contributed by atoms with Gasteiger partial charge in [-0.2, -0.15) is 4.31 Å². The van der Waals surface area contributed by atoms with E-state index >= 15 is 0 Å². The summed E-state index contributed by atoms with van der Waals surface area (Å²) in [6.07, 6.45) is 4.09. The van der Waals surface area contributed by atoms with Crippen LogP contribution in [0.3, 0.4) is 0 Å². The Morgan fingerprint density at radius 3 is 2.51 bits per heavy atom. The average molecular weight is 530 g/mol. The lowest BCUT2D eigenvalue weighted by Crippen LogP contribution is -2.55. The van der Waals surface area contributed by atoms with Crippen molar-refractivity contribution in [2.24, 2.45) is 5.92 Å². The first-order chi connectivity index (χ1) is 17.8. The Morgan fingerprint density at radius 1 is 1.03 bits per heavy atom. The summed E-state index contributed by atoms with van der Waals surface area (Å²) >= 11 is 0. The normalized spacial score (nSPS) is 25.7. The summed E-state index contributed by atoms with van der Waals surface area (Å²) in [7, 11) is -3.92. The zero-order valence-corrected chi connectivity index (χ0v) is 22.2. The Labute approximate surface area is 219 Å². The lowest BCUT2D eigenvalue weighted by molar-refractivity contribution is 0.0318. The first-order valence-electron chi connectivity index (χ1n) is 13.3. The number of piperidine rings is 1. The van der Waals surface area contributed by atoms with Crippen LogP contribution < -0.4 is 0 Å². The number of sulfonamides is 1. The fraction of sp³-hybridized carbons (Fsp3) is 0.536. The third kappa shape index (κ3) is 5.99. The van der Waals surface area contributed by atoms with Gasteiger partial charge >= 0.3 is 6.09 Å². The van der Waals surface area contributed by atoms with Crippen molar-refractivity contribution in [2.75, 3.05) is 32.8 Å². The minimum atomic E-state index is -3.92. The number of carbonyl (C=O) groups is 1. The van der Waals surface area contributed by atoms with Gasteiger partial charge in [0.15, 0.2) is 0 Å². The smallest absolute Gasteiger partial charge is 0.410 e. The maximum absolute atomic E-state index is 14.1. The molecule has 9 heteroatoms. The van der Waals surface area contributed by atoms with Crippen molar-refractivity contribution in [3.8, 4) is 0 Å². The summed E-state index contributed by atoms with van der Waals surface area (Å²) in [5.74, 6) is 0.401. The van der Waals surface area contributed by atoms with Gasteiger partial charge in [-0.1, -0.05) is 30.3 Å². The van der Waals surface area contributed by atoms with Crippen LogP contribution in [0.25, 0.3) is 0 Å². The standard InChI is InChI=1S/C28H36FN3O4S/c1-21-18-30(19-22-13-14-22)15-16-31(21)28(33)36-20-25-9-6-12-27(23-7-5-8-24(29)17-23)32(25)37(34,35)26-10-3-2-4-11-26/h2-5,7-8,10-11,17,21-22,25,27H,6,9,12-16,18-20H2,1H3/t21?,25-,27+/m1/s1. The molecule has 3 aliphatic rings. The van der Waals surface area contributed by atoms with E-state index in [4.69, 9.17) is 4.74 Å². The summed E-state index contributed by atoms with van der Waals surface area (Å²) in [5.41, 5.74) is 0.607. The first-order valence-corrected chi connectivity index (χ1v) is 14.8. The molecule has 2 aromatic carbocycles. The molecule has 0 radical (unpaired) electrons. The molecule has 200 valence electrons. The zero-order valence-electron chi connectivity index (χ0n) is 21.3. The third-order valence-corrected chi connectivity index (χ3v) is 9.77. The third-order valence-electron chi connectivity index (χ3n) is 7.79. The van der Waals surface area contributed by atoms with Crippen molar-refractivity contribution in [3.63, 3.8) is 0 Å². The summed E-state index contributed by atoms with van der Waals surface area (Å²) in [6.45, 7) is 5.36. The molecule has 0 aromatic heterocycles. The van der Waals surface area contributed by atoms with Crippen molar-refractivity contribution < 1.29 is 22.3 Å². The van der Waals surface area contributed by atoms with E-state index in [0.29, 0.717) is 24.9 Å². The first kappa shape index (κ1) is 26.1. The molecule has 0 bridgehead atoms. The second-order valence-corrected chi connectivity index (χ2v) is 12.5. The van der Waals surface area contributed by atoms with Gasteiger partial charge in [-0.05, 0) is 74.8 Å². The number of halogens is 1.